The molecule has 0 aromatic rings. The summed E-state index contributed by atoms with van der Waals surface area (Å²) < 4.78 is 0. The first-order valence-corrected chi connectivity index (χ1v) is 10.4. The Labute approximate surface area is 143 Å². The van der Waals surface area contributed by atoms with Gasteiger partial charge in [-0.2, -0.15) is 0 Å². The van der Waals surface area contributed by atoms with Crippen LogP contribution >= 0.6 is 0 Å². The van der Waals surface area contributed by atoms with Crippen molar-refractivity contribution in [3.8, 4) is 0 Å². The molecule has 4 rings (SSSR count). The first-order valence-electron chi connectivity index (χ1n) is 10.4. The molecule has 0 radical (unpaired) electrons. The molecule has 4 fully saturated rings. The summed E-state index contributed by atoms with van der Waals surface area (Å²) >= 11 is 0. The van der Waals surface area contributed by atoms with E-state index in [9.17, 15) is 4.79 Å². The minimum absolute atomic E-state index is 0.00915. The predicted octanol–water partition coefficient (Wildman–Crippen LogP) is 5.46. The molecule has 0 spiro atoms. The van der Waals surface area contributed by atoms with Crippen molar-refractivity contribution in [2.45, 2.75) is 103 Å². The number of hydrogen-bond donors (Lipinski definition) is 1. The van der Waals surface area contributed by atoms with E-state index in [0.717, 1.165) is 37.0 Å². The SMILES string of the molecule is CCCC(CCC)(CCC)NC(=O)C12CC3CC(CC(C3)C1)C2. The maximum absolute atomic E-state index is 13.4. The molecular formula is C21H37NO. The van der Waals surface area contributed by atoms with Crippen LogP contribution in [-0.4, -0.2) is 11.4 Å². The number of nitrogens with one attached hydrogen (secondary N) is 1. The average Bonchev–Trinajstić information content (AvgIpc) is 2.46. The van der Waals surface area contributed by atoms with Crippen LogP contribution in [0.4, 0.5) is 0 Å². The van der Waals surface area contributed by atoms with Gasteiger partial charge in [0.15, 0.2) is 0 Å². The smallest absolute Gasteiger partial charge is 0.226 e. The molecule has 2 heteroatoms. The highest BCUT2D eigenvalue weighted by Crippen LogP contribution is 2.60. The topological polar surface area (TPSA) is 29.1 Å². The van der Waals surface area contributed by atoms with Crippen LogP contribution in [0.15, 0.2) is 0 Å². The highest BCUT2D eigenvalue weighted by atomic mass is 16.2. The van der Waals surface area contributed by atoms with E-state index in [-0.39, 0.29) is 11.0 Å². The number of carbonyl (C=O) groups is 1. The zero-order valence-electron chi connectivity index (χ0n) is 15.6. The summed E-state index contributed by atoms with van der Waals surface area (Å²) in [5.74, 6) is 2.99. The van der Waals surface area contributed by atoms with Gasteiger partial charge >= 0.3 is 0 Å². The molecule has 132 valence electrons. The van der Waals surface area contributed by atoms with Crippen molar-refractivity contribution < 1.29 is 4.79 Å². The quantitative estimate of drug-likeness (QED) is 0.632. The number of carbonyl (C=O) groups excluding carboxylic acids is 1. The van der Waals surface area contributed by atoms with Crippen molar-refractivity contribution >= 4 is 5.91 Å². The average molecular weight is 320 g/mol. The lowest BCUT2D eigenvalue weighted by Crippen LogP contribution is -2.58. The lowest BCUT2D eigenvalue weighted by Gasteiger charge is -2.56. The van der Waals surface area contributed by atoms with E-state index in [1.807, 2.05) is 0 Å². The van der Waals surface area contributed by atoms with Gasteiger partial charge in [0.25, 0.3) is 0 Å². The Morgan fingerprint density at radius 1 is 0.870 bits per heavy atom. The molecule has 0 atom stereocenters. The Hall–Kier alpha value is -0.530. The number of hydrogen-bond acceptors (Lipinski definition) is 1. The molecule has 0 aliphatic heterocycles. The third-order valence-corrected chi connectivity index (χ3v) is 7.08. The monoisotopic (exact) mass is 319 g/mol. The maximum Gasteiger partial charge on any atom is 0.226 e. The van der Waals surface area contributed by atoms with E-state index in [1.54, 1.807) is 0 Å². The molecule has 4 saturated carbocycles. The summed E-state index contributed by atoms with van der Waals surface area (Å²) in [5.41, 5.74) is 0.0773. The molecule has 2 nitrogen and oxygen atoms in total. The summed E-state index contributed by atoms with van der Waals surface area (Å²) in [6.07, 6.45) is 14.7. The van der Waals surface area contributed by atoms with Crippen molar-refractivity contribution in [2.75, 3.05) is 0 Å². The standard InChI is InChI=1S/C21H37NO/c1-4-7-21(8-5-2,9-6-3)22-19(23)20-13-16-10-17(14-20)12-18(11-16)15-20/h16-18H,4-15H2,1-3H3,(H,22,23). The Morgan fingerprint density at radius 2 is 1.26 bits per heavy atom. The Balaban J connectivity index is 1.75. The molecule has 4 aliphatic carbocycles. The van der Waals surface area contributed by atoms with E-state index in [4.69, 9.17) is 0 Å². The van der Waals surface area contributed by atoms with Crippen LogP contribution in [0.1, 0.15) is 97.8 Å². The molecule has 4 aliphatic rings. The van der Waals surface area contributed by atoms with Crippen molar-refractivity contribution in [3.05, 3.63) is 0 Å². The van der Waals surface area contributed by atoms with Gasteiger partial charge in [0.05, 0.1) is 0 Å². The van der Waals surface area contributed by atoms with Gasteiger partial charge in [-0.05, 0) is 75.5 Å². The minimum atomic E-state index is 0.00915. The van der Waals surface area contributed by atoms with Gasteiger partial charge in [-0.15, -0.1) is 0 Å². The highest BCUT2D eigenvalue weighted by Gasteiger charge is 2.55. The first-order chi connectivity index (χ1) is 11.0. The summed E-state index contributed by atoms with van der Waals surface area (Å²) in [6, 6.07) is 0. The predicted molar refractivity (Wildman–Crippen MR) is 96.2 cm³/mol. The molecule has 0 aromatic carbocycles. The summed E-state index contributed by atoms with van der Waals surface area (Å²) in [5, 5.41) is 3.65. The van der Waals surface area contributed by atoms with Gasteiger partial charge in [-0.3, -0.25) is 4.79 Å². The molecular weight excluding hydrogens is 282 g/mol. The van der Waals surface area contributed by atoms with Crippen LogP contribution in [-0.2, 0) is 4.79 Å². The van der Waals surface area contributed by atoms with Gasteiger partial charge < -0.3 is 5.32 Å². The van der Waals surface area contributed by atoms with E-state index in [1.165, 1.54) is 57.8 Å². The zero-order valence-corrected chi connectivity index (χ0v) is 15.6. The first kappa shape index (κ1) is 17.3. The van der Waals surface area contributed by atoms with Crippen molar-refractivity contribution in [1.29, 1.82) is 0 Å². The van der Waals surface area contributed by atoms with Gasteiger partial charge in [-0.1, -0.05) is 40.0 Å². The van der Waals surface area contributed by atoms with Crippen LogP contribution in [0.2, 0.25) is 0 Å². The molecule has 4 bridgehead atoms. The Morgan fingerprint density at radius 3 is 1.61 bits per heavy atom. The van der Waals surface area contributed by atoms with Crippen LogP contribution in [0.3, 0.4) is 0 Å². The van der Waals surface area contributed by atoms with Crippen molar-refractivity contribution in [1.82, 2.24) is 5.32 Å². The molecule has 0 unspecified atom stereocenters. The maximum atomic E-state index is 13.4. The Bertz CT molecular complexity index is 375. The van der Waals surface area contributed by atoms with Crippen molar-refractivity contribution in [3.63, 3.8) is 0 Å². The van der Waals surface area contributed by atoms with Gasteiger partial charge in [0, 0.05) is 11.0 Å². The fraction of sp³-hybridized carbons (Fsp3) is 0.952. The largest absolute Gasteiger partial charge is 0.350 e. The zero-order chi connectivity index (χ0) is 16.5. The molecule has 23 heavy (non-hydrogen) atoms. The van der Waals surface area contributed by atoms with Crippen LogP contribution in [0, 0.1) is 23.2 Å². The van der Waals surface area contributed by atoms with E-state index < -0.39 is 0 Å². The van der Waals surface area contributed by atoms with Crippen LogP contribution in [0.25, 0.3) is 0 Å². The summed E-state index contributed by atoms with van der Waals surface area (Å²) in [4.78, 5) is 13.4. The van der Waals surface area contributed by atoms with E-state index in [2.05, 4.69) is 26.1 Å². The van der Waals surface area contributed by atoms with Crippen LogP contribution in [0.5, 0.6) is 0 Å². The summed E-state index contributed by atoms with van der Waals surface area (Å²) in [6.45, 7) is 6.78. The van der Waals surface area contributed by atoms with Gasteiger partial charge in [0.1, 0.15) is 0 Å². The summed E-state index contributed by atoms with van der Waals surface area (Å²) in [7, 11) is 0. The number of amides is 1. The second kappa shape index (κ2) is 6.76. The van der Waals surface area contributed by atoms with Gasteiger partial charge in [-0.25, -0.2) is 0 Å². The second-order valence-corrected chi connectivity index (χ2v) is 9.18. The normalized spacial score (nSPS) is 35.5. The molecule has 0 aromatic heterocycles. The van der Waals surface area contributed by atoms with E-state index >= 15 is 0 Å². The molecule has 0 heterocycles. The third kappa shape index (κ3) is 3.33. The minimum Gasteiger partial charge on any atom is -0.350 e. The number of rotatable bonds is 8. The fourth-order valence-electron chi connectivity index (χ4n) is 6.76. The molecule has 1 amide bonds. The highest BCUT2D eigenvalue weighted by molar-refractivity contribution is 5.84. The second-order valence-electron chi connectivity index (χ2n) is 9.18. The van der Waals surface area contributed by atoms with E-state index in [0.29, 0.717) is 5.91 Å². The van der Waals surface area contributed by atoms with Crippen molar-refractivity contribution in [2.24, 2.45) is 23.2 Å². The lowest BCUT2D eigenvalue weighted by molar-refractivity contribution is -0.148. The lowest BCUT2D eigenvalue weighted by atomic mass is 9.49. The third-order valence-electron chi connectivity index (χ3n) is 7.08. The fourth-order valence-corrected chi connectivity index (χ4v) is 6.76. The molecule has 1 N–H and O–H groups in total. The van der Waals surface area contributed by atoms with Crippen LogP contribution < -0.4 is 5.32 Å². The molecule has 0 saturated heterocycles. The Kier molecular flexibility index (Phi) is 5.09. The van der Waals surface area contributed by atoms with Gasteiger partial charge in [0.2, 0.25) is 5.91 Å².